The number of nitrogens with two attached hydrogens (primary N) is 1. The predicted octanol–water partition coefficient (Wildman–Crippen LogP) is 2.16. The second-order valence-electron chi connectivity index (χ2n) is 7.82. The third-order valence-corrected chi connectivity index (χ3v) is 5.02. The van der Waals surface area contributed by atoms with E-state index in [1.165, 1.54) is 18.4 Å². The second kappa shape index (κ2) is 12.3. The Morgan fingerprint density at radius 3 is 2.39 bits per heavy atom. The third-order valence-electron chi connectivity index (χ3n) is 5.02. The molecule has 0 radical (unpaired) electrons. The quantitative estimate of drug-likeness (QED) is 0.376. The number of amides is 1. The average Bonchev–Trinajstić information content (AvgIpc) is 3.61. The van der Waals surface area contributed by atoms with E-state index in [2.05, 4.69) is 5.32 Å². The molecule has 0 aliphatic heterocycles. The Kier molecular flexibility index (Phi) is 9.15. The largest absolute Gasteiger partial charge is 0.492 e. The first kappa shape index (κ1) is 23.1. The number of primary amides is 1. The Balaban J connectivity index is 1.22. The number of aliphatic hydroxyl groups is 1. The maximum absolute atomic E-state index is 11.0. The molecule has 0 bridgehead atoms. The van der Waals surface area contributed by atoms with Gasteiger partial charge >= 0.3 is 0 Å². The van der Waals surface area contributed by atoms with Crippen LogP contribution in [0.3, 0.4) is 0 Å². The van der Waals surface area contributed by atoms with Gasteiger partial charge in [-0.1, -0.05) is 12.1 Å². The van der Waals surface area contributed by atoms with Crippen molar-refractivity contribution in [1.82, 2.24) is 5.32 Å². The van der Waals surface area contributed by atoms with Gasteiger partial charge in [0.1, 0.15) is 30.8 Å². The number of ether oxygens (including phenoxy) is 3. The predicted molar refractivity (Wildman–Crippen MR) is 119 cm³/mol. The highest BCUT2D eigenvalue weighted by molar-refractivity contribution is 5.92. The van der Waals surface area contributed by atoms with E-state index in [0.717, 1.165) is 31.3 Å². The molecule has 1 atom stereocenters. The summed E-state index contributed by atoms with van der Waals surface area (Å²) in [6.07, 6.45) is 2.91. The molecule has 1 aliphatic carbocycles. The average molecular weight is 429 g/mol. The number of rotatable bonds is 15. The van der Waals surface area contributed by atoms with Crippen LogP contribution in [0.15, 0.2) is 48.5 Å². The zero-order valence-electron chi connectivity index (χ0n) is 17.8. The maximum Gasteiger partial charge on any atom is 0.248 e. The van der Waals surface area contributed by atoms with Crippen molar-refractivity contribution in [3.8, 4) is 11.5 Å². The van der Waals surface area contributed by atoms with Crippen molar-refractivity contribution in [3.63, 3.8) is 0 Å². The Labute approximate surface area is 183 Å². The normalized spacial score (nSPS) is 14.2. The Hall–Kier alpha value is -2.61. The van der Waals surface area contributed by atoms with E-state index in [1.807, 2.05) is 24.3 Å². The topological polar surface area (TPSA) is 103 Å². The van der Waals surface area contributed by atoms with Crippen LogP contribution in [-0.2, 0) is 11.2 Å². The van der Waals surface area contributed by atoms with E-state index in [9.17, 15) is 9.90 Å². The highest BCUT2D eigenvalue weighted by atomic mass is 16.5. The summed E-state index contributed by atoms with van der Waals surface area (Å²) in [5.41, 5.74) is 6.87. The van der Waals surface area contributed by atoms with Gasteiger partial charge in [-0.15, -0.1) is 0 Å². The monoisotopic (exact) mass is 428 g/mol. The minimum atomic E-state index is -0.620. The molecule has 2 aromatic rings. The van der Waals surface area contributed by atoms with Gasteiger partial charge in [0.05, 0.1) is 6.61 Å². The second-order valence-corrected chi connectivity index (χ2v) is 7.82. The van der Waals surface area contributed by atoms with Crippen LogP contribution in [0.4, 0.5) is 0 Å². The zero-order chi connectivity index (χ0) is 21.9. The molecular formula is C24H32N2O5. The highest BCUT2D eigenvalue weighted by Gasteiger charge is 2.20. The van der Waals surface area contributed by atoms with Crippen molar-refractivity contribution >= 4 is 5.91 Å². The molecule has 0 saturated heterocycles. The van der Waals surface area contributed by atoms with Gasteiger partial charge < -0.3 is 30.4 Å². The van der Waals surface area contributed by atoms with E-state index in [1.54, 1.807) is 24.3 Å². The fraction of sp³-hybridized carbons (Fsp3) is 0.458. The Morgan fingerprint density at radius 2 is 1.71 bits per heavy atom. The summed E-state index contributed by atoms with van der Waals surface area (Å²) >= 11 is 0. The molecule has 4 N–H and O–H groups in total. The summed E-state index contributed by atoms with van der Waals surface area (Å²) in [5, 5.41) is 13.2. The van der Waals surface area contributed by atoms with Crippen molar-refractivity contribution in [2.24, 2.45) is 11.7 Å². The van der Waals surface area contributed by atoms with E-state index >= 15 is 0 Å². The number of benzene rings is 2. The third kappa shape index (κ3) is 8.96. The molecule has 1 fully saturated rings. The van der Waals surface area contributed by atoms with Crippen LogP contribution < -0.4 is 20.5 Å². The van der Waals surface area contributed by atoms with Gasteiger partial charge in [-0.05, 0) is 67.1 Å². The highest BCUT2D eigenvalue weighted by Crippen LogP contribution is 2.28. The first-order valence-electron chi connectivity index (χ1n) is 10.8. The lowest BCUT2D eigenvalue weighted by Crippen LogP contribution is -2.33. The zero-order valence-corrected chi connectivity index (χ0v) is 17.8. The van der Waals surface area contributed by atoms with Crippen molar-refractivity contribution in [2.45, 2.75) is 25.4 Å². The van der Waals surface area contributed by atoms with Crippen LogP contribution in [0.2, 0.25) is 0 Å². The number of aliphatic hydroxyl groups excluding tert-OH is 1. The fourth-order valence-corrected chi connectivity index (χ4v) is 2.95. The smallest absolute Gasteiger partial charge is 0.248 e. The van der Waals surface area contributed by atoms with Crippen LogP contribution in [-0.4, -0.2) is 56.6 Å². The number of nitrogens with one attached hydrogen (secondary N) is 1. The molecule has 0 spiro atoms. The molecule has 0 unspecified atom stereocenters. The molecule has 31 heavy (non-hydrogen) atoms. The molecule has 7 nitrogen and oxygen atoms in total. The van der Waals surface area contributed by atoms with Gasteiger partial charge in [0.2, 0.25) is 5.91 Å². The molecule has 3 rings (SSSR count). The van der Waals surface area contributed by atoms with Crippen molar-refractivity contribution in [3.05, 3.63) is 59.7 Å². The lowest BCUT2D eigenvalue weighted by atomic mass is 10.1. The summed E-state index contributed by atoms with van der Waals surface area (Å²) in [4.78, 5) is 11.0. The number of carbonyl (C=O) groups is 1. The van der Waals surface area contributed by atoms with Gasteiger partial charge in [-0.25, -0.2) is 0 Å². The standard InChI is InChI=1S/C24H32N2O5/c25-24(28)20-5-9-22(10-6-20)30-14-12-26-15-21(27)17-31-23-7-3-18(4-8-23)11-13-29-16-19-1-2-19/h3-10,19,21,26-27H,1-2,11-17H2,(H2,25,28)/t21-/m0/s1. The number of hydrogen-bond donors (Lipinski definition) is 3. The summed E-state index contributed by atoms with van der Waals surface area (Å²) < 4.78 is 16.9. The Bertz CT molecular complexity index is 791. The molecule has 7 heteroatoms. The van der Waals surface area contributed by atoms with Crippen LogP contribution >= 0.6 is 0 Å². The van der Waals surface area contributed by atoms with Crippen molar-refractivity contribution in [1.29, 1.82) is 0 Å². The van der Waals surface area contributed by atoms with E-state index in [-0.39, 0.29) is 6.61 Å². The van der Waals surface area contributed by atoms with Crippen LogP contribution in [0.25, 0.3) is 0 Å². The molecule has 0 heterocycles. The van der Waals surface area contributed by atoms with E-state index in [0.29, 0.717) is 31.0 Å². The maximum atomic E-state index is 11.0. The number of hydrogen-bond acceptors (Lipinski definition) is 6. The summed E-state index contributed by atoms with van der Waals surface area (Å²) in [7, 11) is 0. The van der Waals surface area contributed by atoms with Gasteiger partial charge in [0.25, 0.3) is 0 Å². The van der Waals surface area contributed by atoms with E-state index < -0.39 is 12.0 Å². The molecule has 1 aliphatic rings. The van der Waals surface area contributed by atoms with Crippen LogP contribution in [0.5, 0.6) is 11.5 Å². The molecule has 2 aromatic carbocycles. The molecule has 0 aromatic heterocycles. The molecule has 1 saturated carbocycles. The first-order chi connectivity index (χ1) is 15.1. The summed E-state index contributed by atoms with van der Waals surface area (Å²) in [6.45, 7) is 3.28. The van der Waals surface area contributed by atoms with Crippen molar-refractivity contribution in [2.75, 3.05) is 39.5 Å². The van der Waals surface area contributed by atoms with Gasteiger partial charge in [-0.2, -0.15) is 0 Å². The molecule has 168 valence electrons. The van der Waals surface area contributed by atoms with Gasteiger partial charge in [-0.3, -0.25) is 4.79 Å². The molecular weight excluding hydrogens is 396 g/mol. The number of carbonyl (C=O) groups excluding carboxylic acids is 1. The van der Waals surface area contributed by atoms with Gasteiger partial charge in [0.15, 0.2) is 0 Å². The fourth-order valence-electron chi connectivity index (χ4n) is 2.95. The van der Waals surface area contributed by atoms with Crippen LogP contribution in [0.1, 0.15) is 28.8 Å². The lowest BCUT2D eigenvalue weighted by Gasteiger charge is -2.14. The summed E-state index contributed by atoms with van der Waals surface area (Å²) in [6, 6.07) is 14.6. The lowest BCUT2D eigenvalue weighted by molar-refractivity contribution is 0.1000. The molecule has 1 amide bonds. The Morgan fingerprint density at radius 1 is 1.03 bits per heavy atom. The summed E-state index contributed by atoms with van der Waals surface area (Å²) in [5.74, 6) is 1.73. The van der Waals surface area contributed by atoms with Crippen LogP contribution in [0, 0.1) is 5.92 Å². The van der Waals surface area contributed by atoms with Gasteiger partial charge in [0, 0.05) is 25.3 Å². The minimum absolute atomic E-state index is 0.215. The SMILES string of the molecule is NC(=O)c1ccc(OCCNC[C@H](O)COc2ccc(CCOCC3CC3)cc2)cc1. The first-order valence-corrected chi connectivity index (χ1v) is 10.8. The van der Waals surface area contributed by atoms with Crippen molar-refractivity contribution < 1.29 is 24.1 Å². The van der Waals surface area contributed by atoms with E-state index in [4.69, 9.17) is 19.9 Å². The minimum Gasteiger partial charge on any atom is -0.492 e.